The standard InChI is InChI=1S/C17H25F2N3O2.HI/c1-4-20-16(21-10-17(2)11-23-12-17)22(3)9-13-5-7-14(8-6-13)24-15(18)19;/h5-8,15H,4,9-12H2,1-3H3,(H,20,21);1H. The van der Waals surface area contributed by atoms with Crippen molar-refractivity contribution in [2.45, 2.75) is 27.0 Å². The van der Waals surface area contributed by atoms with Gasteiger partial charge in [-0.05, 0) is 24.6 Å². The van der Waals surface area contributed by atoms with Crippen LogP contribution in [0, 0.1) is 5.41 Å². The summed E-state index contributed by atoms with van der Waals surface area (Å²) in [5.41, 5.74) is 1.11. The molecule has 0 aromatic heterocycles. The van der Waals surface area contributed by atoms with Gasteiger partial charge in [0.25, 0.3) is 0 Å². The van der Waals surface area contributed by atoms with Gasteiger partial charge in [0, 0.05) is 25.6 Å². The highest BCUT2D eigenvalue weighted by atomic mass is 127. The molecule has 1 fully saturated rings. The third-order valence-electron chi connectivity index (χ3n) is 3.78. The predicted octanol–water partition coefficient (Wildman–Crippen LogP) is 3.34. The Hall–Kier alpha value is -1.16. The molecule has 2 rings (SSSR count). The molecule has 1 heterocycles. The average Bonchev–Trinajstić information content (AvgIpc) is 2.51. The van der Waals surface area contributed by atoms with E-state index in [0.717, 1.165) is 31.3 Å². The van der Waals surface area contributed by atoms with Crippen LogP contribution in [0.25, 0.3) is 0 Å². The number of hydrogen-bond acceptors (Lipinski definition) is 3. The minimum atomic E-state index is -2.80. The highest BCUT2D eigenvalue weighted by Gasteiger charge is 2.33. The van der Waals surface area contributed by atoms with E-state index in [1.807, 2.05) is 18.9 Å². The molecule has 1 aliphatic rings. The minimum Gasteiger partial charge on any atom is -0.435 e. The van der Waals surface area contributed by atoms with Gasteiger partial charge in [-0.2, -0.15) is 8.78 Å². The Balaban J connectivity index is 0.00000312. The second-order valence-electron chi connectivity index (χ2n) is 6.35. The first kappa shape index (κ1) is 21.9. The van der Waals surface area contributed by atoms with E-state index in [2.05, 4.69) is 22.0 Å². The topological polar surface area (TPSA) is 46.1 Å². The lowest BCUT2D eigenvalue weighted by atomic mass is 9.89. The Morgan fingerprint density at radius 3 is 2.48 bits per heavy atom. The van der Waals surface area contributed by atoms with E-state index in [9.17, 15) is 8.78 Å². The van der Waals surface area contributed by atoms with Crippen LogP contribution in [0.5, 0.6) is 5.75 Å². The summed E-state index contributed by atoms with van der Waals surface area (Å²) in [6.07, 6.45) is 0. The number of aliphatic imine (C=N–C) groups is 1. The quantitative estimate of drug-likeness (QED) is 0.378. The Kier molecular flexibility index (Phi) is 8.84. The van der Waals surface area contributed by atoms with Gasteiger partial charge in [-0.15, -0.1) is 24.0 Å². The summed E-state index contributed by atoms with van der Waals surface area (Å²) in [5.74, 6) is 0.980. The lowest BCUT2D eigenvalue weighted by molar-refractivity contribution is -0.0946. The molecule has 0 unspecified atom stereocenters. The SMILES string of the molecule is CCNC(=NCC1(C)COC1)N(C)Cc1ccc(OC(F)F)cc1.I. The van der Waals surface area contributed by atoms with Crippen LogP contribution in [-0.2, 0) is 11.3 Å². The second kappa shape index (κ2) is 10.1. The lowest BCUT2D eigenvalue weighted by Gasteiger charge is -2.37. The number of nitrogens with zero attached hydrogens (tertiary/aromatic N) is 2. The highest BCUT2D eigenvalue weighted by Crippen LogP contribution is 2.26. The van der Waals surface area contributed by atoms with Crippen LogP contribution in [-0.4, -0.2) is 50.8 Å². The summed E-state index contributed by atoms with van der Waals surface area (Å²) < 4.78 is 34.0. The fourth-order valence-electron chi connectivity index (χ4n) is 2.40. The van der Waals surface area contributed by atoms with Crippen LogP contribution in [0.1, 0.15) is 19.4 Å². The summed E-state index contributed by atoms with van der Waals surface area (Å²) in [6, 6.07) is 6.65. The van der Waals surface area contributed by atoms with Crippen molar-refractivity contribution in [2.24, 2.45) is 10.4 Å². The molecule has 1 aromatic carbocycles. The number of guanidine groups is 1. The molecule has 0 bridgehead atoms. The first-order valence-electron chi connectivity index (χ1n) is 8.03. The van der Waals surface area contributed by atoms with Crippen LogP contribution in [0.3, 0.4) is 0 Å². The van der Waals surface area contributed by atoms with E-state index in [4.69, 9.17) is 4.74 Å². The molecule has 0 spiro atoms. The van der Waals surface area contributed by atoms with Gasteiger partial charge < -0.3 is 19.7 Å². The highest BCUT2D eigenvalue weighted by molar-refractivity contribution is 14.0. The molecule has 0 atom stereocenters. The minimum absolute atomic E-state index is 0. The summed E-state index contributed by atoms with van der Waals surface area (Å²) in [6.45, 7) is 4.96. The molecule has 1 N–H and O–H groups in total. The smallest absolute Gasteiger partial charge is 0.387 e. The molecule has 1 aliphatic heterocycles. The van der Waals surface area contributed by atoms with E-state index >= 15 is 0 Å². The number of benzene rings is 1. The number of hydrogen-bond donors (Lipinski definition) is 1. The molecule has 8 heteroatoms. The van der Waals surface area contributed by atoms with Gasteiger partial charge in [0.05, 0.1) is 19.8 Å². The zero-order valence-electron chi connectivity index (χ0n) is 14.8. The number of ether oxygens (including phenoxy) is 2. The summed E-state index contributed by atoms with van der Waals surface area (Å²) in [7, 11) is 1.95. The van der Waals surface area contributed by atoms with Crippen molar-refractivity contribution in [3.63, 3.8) is 0 Å². The molecule has 5 nitrogen and oxygen atoms in total. The van der Waals surface area contributed by atoms with E-state index in [-0.39, 0.29) is 35.1 Å². The third kappa shape index (κ3) is 6.93. The molecule has 0 radical (unpaired) electrons. The predicted molar refractivity (Wildman–Crippen MR) is 105 cm³/mol. The van der Waals surface area contributed by atoms with Crippen LogP contribution < -0.4 is 10.1 Å². The fourth-order valence-corrected chi connectivity index (χ4v) is 2.40. The molecule has 1 saturated heterocycles. The molecular formula is C17H26F2IN3O2. The summed E-state index contributed by atoms with van der Waals surface area (Å²) >= 11 is 0. The van der Waals surface area contributed by atoms with E-state index in [1.54, 1.807) is 24.3 Å². The van der Waals surface area contributed by atoms with E-state index < -0.39 is 6.61 Å². The molecule has 142 valence electrons. The first-order chi connectivity index (χ1) is 11.4. The Morgan fingerprint density at radius 2 is 2.00 bits per heavy atom. The van der Waals surface area contributed by atoms with Crippen molar-refractivity contribution < 1.29 is 18.3 Å². The van der Waals surface area contributed by atoms with Crippen molar-refractivity contribution in [2.75, 3.05) is 33.4 Å². The van der Waals surface area contributed by atoms with Gasteiger partial charge in [-0.3, -0.25) is 4.99 Å². The zero-order valence-corrected chi connectivity index (χ0v) is 17.1. The number of halogens is 3. The maximum Gasteiger partial charge on any atom is 0.387 e. The van der Waals surface area contributed by atoms with Crippen molar-refractivity contribution >= 4 is 29.9 Å². The van der Waals surface area contributed by atoms with E-state index in [0.29, 0.717) is 13.1 Å². The largest absolute Gasteiger partial charge is 0.435 e. The monoisotopic (exact) mass is 469 g/mol. The first-order valence-corrected chi connectivity index (χ1v) is 8.03. The number of alkyl halides is 2. The van der Waals surface area contributed by atoms with Crippen molar-refractivity contribution in [3.8, 4) is 5.75 Å². The van der Waals surface area contributed by atoms with Crippen LogP contribution in [0.2, 0.25) is 0 Å². The third-order valence-corrected chi connectivity index (χ3v) is 3.78. The van der Waals surface area contributed by atoms with Crippen molar-refractivity contribution in [1.82, 2.24) is 10.2 Å². The summed E-state index contributed by atoms with van der Waals surface area (Å²) in [5, 5.41) is 3.27. The van der Waals surface area contributed by atoms with Gasteiger partial charge in [-0.1, -0.05) is 19.1 Å². The zero-order chi connectivity index (χ0) is 17.6. The van der Waals surface area contributed by atoms with Crippen molar-refractivity contribution in [3.05, 3.63) is 29.8 Å². The van der Waals surface area contributed by atoms with E-state index in [1.165, 1.54) is 0 Å². The molecule has 0 aliphatic carbocycles. The maximum atomic E-state index is 12.2. The Bertz CT molecular complexity index is 551. The molecule has 0 saturated carbocycles. The van der Waals surface area contributed by atoms with Crippen LogP contribution >= 0.6 is 24.0 Å². The van der Waals surface area contributed by atoms with Gasteiger partial charge in [0.1, 0.15) is 5.75 Å². The fraction of sp³-hybridized carbons (Fsp3) is 0.588. The lowest BCUT2D eigenvalue weighted by Crippen LogP contribution is -2.44. The Morgan fingerprint density at radius 1 is 1.36 bits per heavy atom. The van der Waals surface area contributed by atoms with Gasteiger partial charge >= 0.3 is 6.61 Å². The van der Waals surface area contributed by atoms with Crippen molar-refractivity contribution in [1.29, 1.82) is 0 Å². The number of nitrogens with one attached hydrogen (secondary N) is 1. The molecule has 25 heavy (non-hydrogen) atoms. The normalized spacial score (nSPS) is 16.0. The molecular weight excluding hydrogens is 443 g/mol. The van der Waals surface area contributed by atoms with Crippen LogP contribution in [0.15, 0.2) is 29.3 Å². The average molecular weight is 469 g/mol. The second-order valence-corrected chi connectivity index (χ2v) is 6.35. The molecule has 0 amide bonds. The molecule has 1 aromatic rings. The maximum absolute atomic E-state index is 12.2. The van der Waals surface area contributed by atoms with Gasteiger partial charge in [0.15, 0.2) is 5.96 Å². The Labute approximate surface area is 164 Å². The number of rotatable bonds is 7. The van der Waals surface area contributed by atoms with Gasteiger partial charge in [0.2, 0.25) is 0 Å². The summed E-state index contributed by atoms with van der Waals surface area (Å²) in [4.78, 5) is 6.70. The van der Waals surface area contributed by atoms with Gasteiger partial charge in [-0.25, -0.2) is 0 Å². The van der Waals surface area contributed by atoms with Crippen LogP contribution in [0.4, 0.5) is 8.78 Å².